The van der Waals surface area contributed by atoms with E-state index in [1.165, 1.54) is 35.9 Å². The molecule has 0 radical (unpaired) electrons. The average molecular weight is 478 g/mol. The van der Waals surface area contributed by atoms with Crippen LogP contribution in [0.4, 0.5) is 14.6 Å². The number of nitrogens with one attached hydrogen (secondary N) is 1. The molecule has 9 heteroatoms. The molecule has 0 bridgehead atoms. The molecule has 180 valence electrons. The fourth-order valence-electron chi connectivity index (χ4n) is 5.11. The van der Waals surface area contributed by atoms with Crippen molar-refractivity contribution in [2.45, 2.75) is 25.8 Å². The van der Waals surface area contributed by atoms with Crippen molar-refractivity contribution in [2.24, 2.45) is 5.92 Å². The zero-order valence-corrected chi connectivity index (χ0v) is 19.5. The van der Waals surface area contributed by atoms with Gasteiger partial charge in [0.05, 0.1) is 23.9 Å². The van der Waals surface area contributed by atoms with E-state index in [0.29, 0.717) is 28.9 Å². The van der Waals surface area contributed by atoms with Gasteiger partial charge in [-0.25, -0.2) is 13.8 Å². The SMILES string of the molecule is COc1ccc(-n2c(-c3ccc(C#N)c(F)c3)nc(N3CCC4NCCC4C3)c(C)c2=O)cc1F. The molecule has 1 aromatic heterocycles. The zero-order valence-electron chi connectivity index (χ0n) is 19.5. The van der Waals surface area contributed by atoms with Crippen LogP contribution < -0.4 is 20.5 Å². The number of benzene rings is 2. The molecule has 2 aliphatic rings. The van der Waals surface area contributed by atoms with Crippen LogP contribution in [0.15, 0.2) is 41.2 Å². The van der Waals surface area contributed by atoms with Gasteiger partial charge in [0, 0.05) is 30.8 Å². The van der Waals surface area contributed by atoms with Gasteiger partial charge in [-0.1, -0.05) is 0 Å². The maximum absolute atomic E-state index is 14.6. The van der Waals surface area contributed by atoms with Gasteiger partial charge in [0.1, 0.15) is 23.5 Å². The summed E-state index contributed by atoms with van der Waals surface area (Å²) in [7, 11) is 1.36. The highest BCUT2D eigenvalue weighted by Gasteiger charge is 2.34. The lowest BCUT2D eigenvalue weighted by atomic mass is 9.93. The van der Waals surface area contributed by atoms with Crippen molar-refractivity contribution >= 4 is 5.82 Å². The van der Waals surface area contributed by atoms with Gasteiger partial charge < -0.3 is 15.0 Å². The number of rotatable bonds is 4. The Hall–Kier alpha value is -3.77. The van der Waals surface area contributed by atoms with Gasteiger partial charge in [-0.2, -0.15) is 5.26 Å². The van der Waals surface area contributed by atoms with E-state index in [-0.39, 0.29) is 28.4 Å². The van der Waals surface area contributed by atoms with Gasteiger partial charge in [-0.05, 0) is 62.6 Å². The number of fused-ring (bicyclic) bond motifs is 1. The number of halogens is 2. The molecule has 0 aliphatic carbocycles. The van der Waals surface area contributed by atoms with Crippen LogP contribution in [0.5, 0.6) is 5.75 Å². The highest BCUT2D eigenvalue weighted by Crippen LogP contribution is 2.31. The summed E-state index contributed by atoms with van der Waals surface area (Å²) in [5.41, 5.74) is 0.512. The summed E-state index contributed by atoms with van der Waals surface area (Å²) in [6.07, 6.45) is 2.01. The second-order valence-electron chi connectivity index (χ2n) is 8.99. The molecule has 2 aromatic carbocycles. The van der Waals surface area contributed by atoms with Crippen LogP contribution >= 0.6 is 0 Å². The molecule has 2 fully saturated rings. The molecule has 3 heterocycles. The van der Waals surface area contributed by atoms with Gasteiger partial charge >= 0.3 is 0 Å². The van der Waals surface area contributed by atoms with E-state index < -0.39 is 11.6 Å². The Morgan fingerprint density at radius 3 is 2.71 bits per heavy atom. The summed E-state index contributed by atoms with van der Waals surface area (Å²) in [5, 5.41) is 12.7. The number of ether oxygens (including phenoxy) is 1. The largest absolute Gasteiger partial charge is 0.494 e. The highest BCUT2D eigenvalue weighted by molar-refractivity contribution is 5.64. The van der Waals surface area contributed by atoms with Crippen molar-refractivity contribution < 1.29 is 13.5 Å². The summed E-state index contributed by atoms with van der Waals surface area (Å²) < 4.78 is 35.5. The van der Waals surface area contributed by atoms with Crippen LogP contribution in [0.2, 0.25) is 0 Å². The Labute approximate surface area is 201 Å². The van der Waals surface area contributed by atoms with Crippen molar-refractivity contribution in [1.82, 2.24) is 14.9 Å². The number of hydrogen-bond donors (Lipinski definition) is 1. The third-order valence-corrected chi connectivity index (χ3v) is 6.98. The quantitative estimate of drug-likeness (QED) is 0.619. The van der Waals surface area contributed by atoms with E-state index in [9.17, 15) is 13.6 Å². The molecular weight excluding hydrogens is 452 g/mol. The van der Waals surface area contributed by atoms with Gasteiger partial charge in [-0.3, -0.25) is 9.36 Å². The molecular formula is C26H25F2N5O2. The van der Waals surface area contributed by atoms with Crippen LogP contribution in [0.3, 0.4) is 0 Å². The van der Waals surface area contributed by atoms with Gasteiger partial charge in [-0.15, -0.1) is 0 Å². The van der Waals surface area contributed by atoms with Crippen LogP contribution in [-0.2, 0) is 0 Å². The number of piperidine rings is 1. The number of nitrogens with zero attached hydrogens (tertiary/aromatic N) is 4. The van der Waals surface area contributed by atoms with Crippen molar-refractivity contribution in [3.05, 3.63) is 69.5 Å². The van der Waals surface area contributed by atoms with E-state index in [2.05, 4.69) is 10.2 Å². The first-order chi connectivity index (χ1) is 16.9. The lowest BCUT2D eigenvalue weighted by Crippen LogP contribution is -2.45. The zero-order chi connectivity index (χ0) is 24.7. The van der Waals surface area contributed by atoms with E-state index in [1.807, 2.05) is 0 Å². The van der Waals surface area contributed by atoms with E-state index >= 15 is 0 Å². The molecule has 2 atom stereocenters. The fourth-order valence-corrected chi connectivity index (χ4v) is 5.11. The lowest BCUT2D eigenvalue weighted by molar-refractivity contribution is 0.374. The Bertz CT molecular complexity index is 1400. The van der Waals surface area contributed by atoms with Crippen molar-refractivity contribution in [2.75, 3.05) is 31.6 Å². The first kappa shape index (κ1) is 23.0. The molecule has 0 saturated carbocycles. The van der Waals surface area contributed by atoms with Crippen LogP contribution in [-0.4, -0.2) is 42.3 Å². The molecule has 3 aromatic rings. The first-order valence-electron chi connectivity index (χ1n) is 11.6. The molecule has 1 N–H and O–H groups in total. The number of nitriles is 1. The number of methoxy groups -OCH3 is 1. The minimum Gasteiger partial charge on any atom is -0.494 e. The first-order valence-corrected chi connectivity index (χ1v) is 11.6. The minimum atomic E-state index is -0.716. The number of anilines is 1. The minimum absolute atomic E-state index is 0.0436. The predicted molar refractivity (Wildman–Crippen MR) is 128 cm³/mol. The number of hydrogen-bond acceptors (Lipinski definition) is 6. The Morgan fingerprint density at radius 1 is 1.17 bits per heavy atom. The third kappa shape index (κ3) is 4.04. The van der Waals surface area contributed by atoms with Crippen LogP contribution in [0.25, 0.3) is 17.1 Å². The third-order valence-electron chi connectivity index (χ3n) is 6.98. The second kappa shape index (κ2) is 9.12. The summed E-state index contributed by atoms with van der Waals surface area (Å²) in [6, 6.07) is 10.5. The fraction of sp³-hybridized carbons (Fsp3) is 0.346. The molecule has 2 aliphatic heterocycles. The van der Waals surface area contributed by atoms with Crippen LogP contribution in [0.1, 0.15) is 24.0 Å². The van der Waals surface area contributed by atoms with Gasteiger partial charge in [0.2, 0.25) is 0 Å². The Balaban J connectivity index is 1.70. The lowest BCUT2D eigenvalue weighted by Gasteiger charge is -2.36. The summed E-state index contributed by atoms with van der Waals surface area (Å²) in [6.45, 7) is 4.20. The average Bonchev–Trinajstić information content (AvgIpc) is 3.33. The molecule has 2 unspecified atom stereocenters. The monoisotopic (exact) mass is 477 g/mol. The summed E-state index contributed by atoms with van der Waals surface area (Å²) >= 11 is 0. The van der Waals surface area contributed by atoms with Crippen molar-refractivity contribution in [3.63, 3.8) is 0 Å². The van der Waals surface area contributed by atoms with Crippen molar-refractivity contribution in [3.8, 4) is 28.9 Å². The summed E-state index contributed by atoms with van der Waals surface area (Å²) in [5.74, 6) is -0.111. The second-order valence-corrected chi connectivity index (χ2v) is 8.99. The molecule has 5 rings (SSSR count). The Kier molecular flexibility index (Phi) is 5.99. The topological polar surface area (TPSA) is 83.2 Å². The maximum atomic E-state index is 14.6. The van der Waals surface area contributed by atoms with E-state index in [4.69, 9.17) is 15.0 Å². The molecule has 2 saturated heterocycles. The molecule has 35 heavy (non-hydrogen) atoms. The van der Waals surface area contributed by atoms with E-state index in [1.54, 1.807) is 25.1 Å². The standard InChI is InChI=1S/C26H25F2N5O2/c1-15-24(32-10-8-22-18(14-32)7-9-30-22)31-25(16-3-4-17(13-29)20(27)11-16)33(26(15)34)19-5-6-23(35-2)21(28)12-19/h3-6,11-12,18,22,30H,7-10,14H2,1-2H3. The molecule has 7 nitrogen and oxygen atoms in total. The predicted octanol–water partition coefficient (Wildman–Crippen LogP) is 3.55. The maximum Gasteiger partial charge on any atom is 0.263 e. The smallest absolute Gasteiger partial charge is 0.263 e. The normalized spacial score (nSPS) is 19.3. The Morgan fingerprint density at radius 2 is 2.00 bits per heavy atom. The summed E-state index contributed by atoms with van der Waals surface area (Å²) in [4.78, 5) is 20.7. The van der Waals surface area contributed by atoms with Gasteiger partial charge in [0.25, 0.3) is 5.56 Å². The van der Waals surface area contributed by atoms with Gasteiger partial charge in [0.15, 0.2) is 11.6 Å². The van der Waals surface area contributed by atoms with Crippen LogP contribution in [0, 0.1) is 35.8 Å². The van der Waals surface area contributed by atoms with Crippen molar-refractivity contribution in [1.29, 1.82) is 5.26 Å². The highest BCUT2D eigenvalue weighted by atomic mass is 19.1. The number of aromatic nitrogens is 2. The van der Waals surface area contributed by atoms with E-state index in [0.717, 1.165) is 32.5 Å². The molecule has 0 amide bonds. The molecule has 0 spiro atoms.